The third-order valence-electron chi connectivity index (χ3n) is 7.04. The molecule has 3 heterocycles. The zero-order valence-corrected chi connectivity index (χ0v) is 20.5. The van der Waals surface area contributed by atoms with Crippen molar-refractivity contribution in [2.24, 2.45) is 5.92 Å². The number of rotatable bonds is 5. The Balaban J connectivity index is 1.37. The highest BCUT2D eigenvalue weighted by Gasteiger charge is 2.26. The van der Waals surface area contributed by atoms with Crippen LogP contribution in [0.1, 0.15) is 47.6 Å². The van der Waals surface area contributed by atoms with Crippen LogP contribution in [0.4, 0.5) is 0 Å². The van der Waals surface area contributed by atoms with Gasteiger partial charge in [0.2, 0.25) is 0 Å². The number of H-pyrrole nitrogens is 2. The highest BCUT2D eigenvalue weighted by Crippen LogP contribution is 2.34. The van der Waals surface area contributed by atoms with Gasteiger partial charge < -0.3 is 9.72 Å². The average Bonchev–Trinajstić information content (AvgIpc) is 3.50. The number of carbonyl (C=O) groups excluding carboxylic acids is 1. The first kappa shape index (κ1) is 23.1. The first-order chi connectivity index (χ1) is 18.0. The van der Waals surface area contributed by atoms with Crippen LogP contribution in [0.25, 0.3) is 21.9 Å². The van der Waals surface area contributed by atoms with Crippen LogP contribution in [-0.2, 0) is 0 Å². The molecule has 0 aliphatic heterocycles. The molecule has 184 valence electrons. The van der Waals surface area contributed by atoms with E-state index in [1.165, 1.54) is 6.20 Å². The normalized spacial score (nSPS) is 17.6. The molecule has 8 nitrogen and oxygen atoms in total. The summed E-state index contributed by atoms with van der Waals surface area (Å²) in [7, 11) is 0. The summed E-state index contributed by atoms with van der Waals surface area (Å²) in [6.45, 7) is 0. The van der Waals surface area contributed by atoms with Crippen molar-refractivity contribution in [3.63, 3.8) is 0 Å². The summed E-state index contributed by atoms with van der Waals surface area (Å²) < 4.78 is 7.46. The molecular formula is C28H22ClN5O3. The maximum absolute atomic E-state index is 13.6. The molecule has 0 bridgehead atoms. The number of ketones is 1. The molecule has 0 saturated heterocycles. The fourth-order valence-corrected chi connectivity index (χ4v) is 5.34. The molecular weight excluding hydrogens is 490 g/mol. The van der Waals surface area contributed by atoms with Crippen LogP contribution >= 0.6 is 11.6 Å². The molecule has 0 atom stereocenters. The number of halogens is 1. The number of aromatic nitrogens is 4. The number of ether oxygens (including phenoxy) is 1. The maximum Gasteiger partial charge on any atom is 0.276 e. The van der Waals surface area contributed by atoms with Crippen LogP contribution < -0.4 is 10.3 Å². The monoisotopic (exact) mass is 511 g/mol. The Morgan fingerprint density at radius 2 is 1.86 bits per heavy atom. The first-order valence-electron chi connectivity index (χ1n) is 12.1. The Morgan fingerprint density at radius 1 is 1.08 bits per heavy atom. The minimum Gasteiger partial charge on any atom is -0.457 e. The molecule has 5 aromatic rings. The Bertz CT molecular complexity index is 1740. The van der Waals surface area contributed by atoms with Crippen LogP contribution in [0, 0.1) is 17.2 Å². The molecule has 0 spiro atoms. The Hall–Kier alpha value is -4.35. The molecule has 9 heteroatoms. The largest absolute Gasteiger partial charge is 0.457 e. The number of hydrogen-bond acceptors (Lipinski definition) is 5. The molecule has 1 fully saturated rings. The van der Waals surface area contributed by atoms with Crippen molar-refractivity contribution in [2.75, 3.05) is 0 Å². The van der Waals surface area contributed by atoms with Gasteiger partial charge in [-0.1, -0.05) is 29.8 Å². The Labute approximate surface area is 216 Å². The number of carbonyl (C=O) groups is 1. The first-order valence-corrected chi connectivity index (χ1v) is 12.5. The van der Waals surface area contributed by atoms with Gasteiger partial charge in [0.05, 0.1) is 39.0 Å². The third kappa shape index (κ3) is 4.07. The van der Waals surface area contributed by atoms with E-state index in [1.807, 2.05) is 30.3 Å². The second-order valence-corrected chi connectivity index (χ2v) is 9.69. The van der Waals surface area contributed by atoms with E-state index in [0.29, 0.717) is 44.6 Å². The molecule has 1 saturated carbocycles. The third-order valence-corrected chi connectivity index (χ3v) is 7.35. The minimum atomic E-state index is -0.292. The van der Waals surface area contributed by atoms with E-state index >= 15 is 0 Å². The number of nitrogens with zero attached hydrogens (tertiary/aromatic N) is 3. The number of fused-ring (bicyclic) bond motifs is 3. The zero-order valence-electron chi connectivity index (χ0n) is 19.7. The van der Waals surface area contributed by atoms with Crippen molar-refractivity contribution in [1.82, 2.24) is 19.7 Å². The molecule has 1 aliphatic rings. The van der Waals surface area contributed by atoms with Crippen molar-refractivity contribution in [3.05, 3.63) is 87.4 Å². The number of nitrogens with one attached hydrogen (secondary N) is 2. The summed E-state index contributed by atoms with van der Waals surface area (Å²) >= 11 is 6.52. The predicted molar refractivity (Wildman–Crippen MR) is 140 cm³/mol. The number of hydrogen-bond donors (Lipinski definition) is 2. The molecule has 6 rings (SSSR count). The van der Waals surface area contributed by atoms with Gasteiger partial charge in [-0.05, 0) is 49.9 Å². The highest BCUT2D eigenvalue weighted by atomic mass is 35.5. The number of pyridine rings is 1. The van der Waals surface area contributed by atoms with Crippen molar-refractivity contribution >= 4 is 39.3 Å². The molecule has 3 aromatic heterocycles. The molecule has 2 N–H and O–H groups in total. The van der Waals surface area contributed by atoms with Gasteiger partial charge in [-0.25, -0.2) is 9.67 Å². The van der Waals surface area contributed by atoms with Crippen molar-refractivity contribution in [2.45, 2.75) is 31.7 Å². The molecule has 0 amide bonds. The van der Waals surface area contributed by atoms with Crippen LogP contribution in [-0.4, -0.2) is 25.5 Å². The zero-order chi connectivity index (χ0) is 25.5. The lowest BCUT2D eigenvalue weighted by Crippen LogP contribution is -2.26. The Morgan fingerprint density at radius 3 is 2.59 bits per heavy atom. The number of nitriles is 1. The van der Waals surface area contributed by atoms with E-state index in [9.17, 15) is 14.9 Å². The standard InChI is InChI=1S/C28H22ClN5O3/c29-23-12-19(37-18-4-2-1-3-5-18)10-11-20(23)26(35)21-14-31-27-24(21)25-22(15-32-27)28(36)34(33-25)17-8-6-16(13-30)7-9-17/h1-5,10-12,14-17,33H,6-9H2,(H,31,32)/t16-,17-. The van der Waals surface area contributed by atoms with E-state index in [-0.39, 0.29) is 28.3 Å². The average molecular weight is 512 g/mol. The second-order valence-electron chi connectivity index (χ2n) is 9.28. The van der Waals surface area contributed by atoms with Gasteiger partial charge in [0.25, 0.3) is 5.56 Å². The lowest BCUT2D eigenvalue weighted by atomic mass is 9.87. The lowest BCUT2D eigenvalue weighted by molar-refractivity contribution is 0.104. The smallest absolute Gasteiger partial charge is 0.276 e. The van der Waals surface area contributed by atoms with E-state index in [2.05, 4.69) is 21.1 Å². The topological polar surface area (TPSA) is 117 Å². The van der Waals surface area contributed by atoms with Gasteiger partial charge in [-0.2, -0.15) is 5.26 Å². The van der Waals surface area contributed by atoms with Crippen LogP contribution in [0.2, 0.25) is 5.02 Å². The van der Waals surface area contributed by atoms with Crippen LogP contribution in [0.3, 0.4) is 0 Å². The summed E-state index contributed by atoms with van der Waals surface area (Å²) in [6.07, 6.45) is 6.13. The van der Waals surface area contributed by atoms with E-state index < -0.39 is 0 Å². The van der Waals surface area contributed by atoms with Gasteiger partial charge in [0.1, 0.15) is 17.1 Å². The lowest BCUT2D eigenvalue weighted by Gasteiger charge is -2.24. The van der Waals surface area contributed by atoms with Gasteiger partial charge in [-0.15, -0.1) is 0 Å². The highest BCUT2D eigenvalue weighted by molar-refractivity contribution is 6.36. The molecule has 1 aliphatic carbocycles. The minimum absolute atomic E-state index is 0.0238. The molecule has 37 heavy (non-hydrogen) atoms. The summed E-state index contributed by atoms with van der Waals surface area (Å²) in [4.78, 5) is 34.3. The summed E-state index contributed by atoms with van der Waals surface area (Å²) in [5.74, 6) is 0.924. The second kappa shape index (κ2) is 9.26. The summed E-state index contributed by atoms with van der Waals surface area (Å²) in [5.41, 5.74) is 1.56. The van der Waals surface area contributed by atoms with E-state index in [1.54, 1.807) is 29.1 Å². The SMILES string of the molecule is N#C[C@H]1CC[C@H](n2[nH]c3c(cnc4[nH]cc(C(=O)c5ccc(Oc6ccccc6)cc5Cl)c43)c2=O)CC1. The fourth-order valence-electron chi connectivity index (χ4n) is 5.09. The summed E-state index contributed by atoms with van der Waals surface area (Å²) in [6, 6.07) is 16.6. The molecule has 2 aromatic carbocycles. The van der Waals surface area contributed by atoms with Crippen molar-refractivity contribution in [3.8, 4) is 17.6 Å². The van der Waals surface area contributed by atoms with Gasteiger partial charge in [0.15, 0.2) is 5.78 Å². The number of aromatic amines is 2. The van der Waals surface area contributed by atoms with Gasteiger partial charge in [0, 0.05) is 29.9 Å². The summed E-state index contributed by atoms with van der Waals surface area (Å²) in [5, 5.41) is 13.7. The van der Waals surface area contributed by atoms with Gasteiger partial charge in [-0.3, -0.25) is 14.7 Å². The van der Waals surface area contributed by atoms with Crippen LogP contribution in [0.5, 0.6) is 11.5 Å². The Kier molecular flexibility index (Phi) is 5.78. The van der Waals surface area contributed by atoms with E-state index in [4.69, 9.17) is 16.3 Å². The van der Waals surface area contributed by atoms with Gasteiger partial charge >= 0.3 is 0 Å². The van der Waals surface area contributed by atoms with E-state index in [0.717, 1.165) is 25.7 Å². The van der Waals surface area contributed by atoms with Crippen LogP contribution in [0.15, 0.2) is 65.7 Å². The maximum atomic E-state index is 13.6. The molecule has 0 unspecified atom stereocenters. The molecule has 0 radical (unpaired) electrons. The number of benzene rings is 2. The quantitative estimate of drug-likeness (QED) is 0.275. The fraction of sp³-hybridized carbons (Fsp3) is 0.214. The van der Waals surface area contributed by atoms with Crippen molar-refractivity contribution < 1.29 is 9.53 Å². The predicted octanol–water partition coefficient (Wildman–Crippen LogP) is 6.14. The number of para-hydroxylation sites is 1. The van der Waals surface area contributed by atoms with Crippen molar-refractivity contribution in [1.29, 1.82) is 5.26 Å².